The molecule has 1 saturated heterocycles. The van der Waals surface area contributed by atoms with Crippen molar-refractivity contribution in [2.45, 2.75) is 64.0 Å². The molecule has 1 aliphatic heterocycles. The van der Waals surface area contributed by atoms with Crippen molar-refractivity contribution in [2.24, 2.45) is 11.8 Å². The summed E-state index contributed by atoms with van der Waals surface area (Å²) >= 11 is 0. The highest BCUT2D eigenvalue weighted by Crippen LogP contribution is 2.44. The van der Waals surface area contributed by atoms with E-state index in [9.17, 15) is 0 Å². The van der Waals surface area contributed by atoms with Crippen molar-refractivity contribution in [2.75, 3.05) is 19.6 Å². The number of hydrogen-bond donors (Lipinski definition) is 1. The van der Waals surface area contributed by atoms with E-state index in [1.807, 2.05) is 0 Å². The van der Waals surface area contributed by atoms with Crippen molar-refractivity contribution in [3.63, 3.8) is 0 Å². The third-order valence-corrected chi connectivity index (χ3v) is 5.43. The Bertz CT molecular complexity index is 247. The second kappa shape index (κ2) is 5.27. The lowest BCUT2D eigenvalue weighted by atomic mass is 9.95. The lowest BCUT2D eigenvalue weighted by molar-refractivity contribution is 0.164. The normalized spacial score (nSPS) is 39.7. The summed E-state index contributed by atoms with van der Waals surface area (Å²) in [4.78, 5) is 2.68. The Morgan fingerprint density at radius 3 is 2.59 bits per heavy atom. The second-order valence-electron chi connectivity index (χ2n) is 6.64. The fraction of sp³-hybridized carbons (Fsp3) is 1.00. The Morgan fingerprint density at radius 1 is 1.12 bits per heavy atom. The van der Waals surface area contributed by atoms with Gasteiger partial charge >= 0.3 is 0 Å². The van der Waals surface area contributed by atoms with Crippen LogP contribution in [0.4, 0.5) is 0 Å². The Hall–Kier alpha value is -0.0800. The summed E-state index contributed by atoms with van der Waals surface area (Å²) in [6, 6.07) is 1.61. The molecule has 0 amide bonds. The minimum atomic E-state index is 0.745. The zero-order valence-corrected chi connectivity index (χ0v) is 11.3. The molecule has 0 aromatic rings. The molecular formula is C15H28N2. The van der Waals surface area contributed by atoms with Gasteiger partial charge in [-0.1, -0.05) is 12.8 Å². The van der Waals surface area contributed by atoms with Gasteiger partial charge in [0, 0.05) is 18.6 Å². The molecule has 3 fully saturated rings. The van der Waals surface area contributed by atoms with Crippen molar-refractivity contribution in [1.82, 2.24) is 10.2 Å². The quantitative estimate of drug-likeness (QED) is 0.807. The molecule has 4 atom stereocenters. The van der Waals surface area contributed by atoms with Gasteiger partial charge < -0.3 is 5.32 Å². The number of rotatable bonds is 4. The smallest absolute Gasteiger partial charge is 0.0192 e. The summed E-state index contributed by atoms with van der Waals surface area (Å²) in [7, 11) is 0. The third-order valence-electron chi connectivity index (χ3n) is 5.43. The molecule has 2 saturated carbocycles. The van der Waals surface area contributed by atoms with Crippen LogP contribution in [0.5, 0.6) is 0 Å². The second-order valence-corrected chi connectivity index (χ2v) is 6.64. The number of likely N-dealkylation sites (tertiary alicyclic amines) is 1. The standard InChI is InChI=1S/C15H28N2/c1-12(17-7-3-2-4-8-17)11-16-15-10-13-5-6-14(15)9-13/h12-16H,2-11H2,1H3. The SMILES string of the molecule is CC(CNC1CC2CCC1C2)N1CCCCC1. The fourth-order valence-corrected chi connectivity index (χ4v) is 4.30. The van der Waals surface area contributed by atoms with Crippen molar-refractivity contribution < 1.29 is 0 Å². The van der Waals surface area contributed by atoms with Gasteiger partial charge in [0.15, 0.2) is 0 Å². The summed E-state index contributed by atoms with van der Waals surface area (Å²) in [6.07, 6.45) is 10.3. The van der Waals surface area contributed by atoms with Crippen LogP contribution in [0.3, 0.4) is 0 Å². The van der Waals surface area contributed by atoms with Crippen LogP contribution in [-0.2, 0) is 0 Å². The molecule has 2 heteroatoms. The lowest BCUT2D eigenvalue weighted by Gasteiger charge is -2.34. The zero-order valence-electron chi connectivity index (χ0n) is 11.3. The number of hydrogen-bond acceptors (Lipinski definition) is 2. The van der Waals surface area contributed by atoms with Gasteiger partial charge in [-0.25, -0.2) is 0 Å². The Balaban J connectivity index is 1.41. The number of piperidine rings is 1. The molecule has 1 heterocycles. The molecule has 0 aromatic carbocycles. The van der Waals surface area contributed by atoms with Crippen molar-refractivity contribution in [3.8, 4) is 0 Å². The Morgan fingerprint density at radius 2 is 1.94 bits per heavy atom. The van der Waals surface area contributed by atoms with Gasteiger partial charge in [0.2, 0.25) is 0 Å². The van der Waals surface area contributed by atoms with Crippen molar-refractivity contribution in [3.05, 3.63) is 0 Å². The molecule has 17 heavy (non-hydrogen) atoms. The van der Waals surface area contributed by atoms with Gasteiger partial charge in [-0.05, 0) is 64.0 Å². The molecule has 98 valence electrons. The molecule has 3 rings (SSSR count). The first-order valence-corrected chi connectivity index (χ1v) is 7.80. The van der Waals surface area contributed by atoms with Gasteiger partial charge in [-0.3, -0.25) is 4.90 Å². The van der Waals surface area contributed by atoms with Crippen molar-refractivity contribution >= 4 is 0 Å². The van der Waals surface area contributed by atoms with Crippen molar-refractivity contribution in [1.29, 1.82) is 0 Å². The Labute approximate surface area is 106 Å². The number of nitrogens with zero attached hydrogens (tertiary/aromatic N) is 1. The maximum absolute atomic E-state index is 3.87. The number of nitrogens with one attached hydrogen (secondary N) is 1. The molecule has 3 aliphatic rings. The summed E-state index contributed by atoms with van der Waals surface area (Å²) in [5, 5.41) is 3.87. The van der Waals surface area contributed by atoms with E-state index in [0.29, 0.717) is 0 Å². The zero-order chi connectivity index (χ0) is 11.7. The molecule has 2 aliphatic carbocycles. The van der Waals surface area contributed by atoms with E-state index >= 15 is 0 Å². The predicted molar refractivity (Wildman–Crippen MR) is 72.1 cm³/mol. The highest BCUT2D eigenvalue weighted by Gasteiger charge is 2.39. The summed E-state index contributed by atoms with van der Waals surface area (Å²) in [6.45, 7) is 6.29. The minimum absolute atomic E-state index is 0.745. The van der Waals surface area contributed by atoms with Crippen LogP contribution in [0.2, 0.25) is 0 Å². The van der Waals surface area contributed by atoms with Crippen LogP contribution in [-0.4, -0.2) is 36.6 Å². The molecule has 0 radical (unpaired) electrons. The van der Waals surface area contributed by atoms with Crippen LogP contribution in [0.25, 0.3) is 0 Å². The molecule has 4 unspecified atom stereocenters. The average Bonchev–Trinajstić information content (AvgIpc) is 2.99. The topological polar surface area (TPSA) is 15.3 Å². The highest BCUT2D eigenvalue weighted by molar-refractivity contribution is 4.94. The van der Waals surface area contributed by atoms with Crippen LogP contribution in [0.15, 0.2) is 0 Å². The van der Waals surface area contributed by atoms with Crippen LogP contribution < -0.4 is 5.32 Å². The third kappa shape index (κ3) is 2.68. The number of fused-ring (bicyclic) bond motifs is 2. The van der Waals surface area contributed by atoms with Crippen LogP contribution in [0, 0.1) is 11.8 Å². The Kier molecular flexibility index (Phi) is 3.72. The maximum atomic E-state index is 3.87. The van der Waals surface area contributed by atoms with E-state index < -0.39 is 0 Å². The van der Waals surface area contributed by atoms with Gasteiger partial charge in [0.1, 0.15) is 0 Å². The van der Waals surface area contributed by atoms with E-state index in [4.69, 9.17) is 0 Å². The van der Waals surface area contributed by atoms with Crippen LogP contribution in [0.1, 0.15) is 51.9 Å². The van der Waals surface area contributed by atoms with Gasteiger partial charge in [-0.2, -0.15) is 0 Å². The summed E-state index contributed by atoms with van der Waals surface area (Å²) in [5.74, 6) is 2.09. The molecule has 2 bridgehead atoms. The highest BCUT2D eigenvalue weighted by atomic mass is 15.2. The summed E-state index contributed by atoms with van der Waals surface area (Å²) in [5.41, 5.74) is 0. The molecule has 0 spiro atoms. The molecular weight excluding hydrogens is 208 g/mol. The monoisotopic (exact) mass is 236 g/mol. The first kappa shape index (κ1) is 12.0. The molecule has 2 nitrogen and oxygen atoms in total. The van der Waals surface area contributed by atoms with E-state index in [2.05, 4.69) is 17.1 Å². The largest absolute Gasteiger partial charge is 0.312 e. The molecule has 0 aromatic heterocycles. The van der Waals surface area contributed by atoms with Gasteiger partial charge in [-0.15, -0.1) is 0 Å². The first-order chi connectivity index (χ1) is 8.33. The lowest BCUT2D eigenvalue weighted by Crippen LogP contribution is -2.46. The van der Waals surface area contributed by atoms with E-state index in [1.165, 1.54) is 64.6 Å². The van der Waals surface area contributed by atoms with Crippen LogP contribution >= 0.6 is 0 Å². The first-order valence-electron chi connectivity index (χ1n) is 7.80. The van der Waals surface area contributed by atoms with E-state index in [1.54, 1.807) is 0 Å². The van der Waals surface area contributed by atoms with E-state index in [0.717, 1.165) is 23.9 Å². The minimum Gasteiger partial charge on any atom is -0.312 e. The summed E-state index contributed by atoms with van der Waals surface area (Å²) < 4.78 is 0. The average molecular weight is 236 g/mol. The molecule has 1 N–H and O–H groups in total. The van der Waals surface area contributed by atoms with Gasteiger partial charge in [0.05, 0.1) is 0 Å². The maximum Gasteiger partial charge on any atom is 0.0192 e. The predicted octanol–water partition coefficient (Wildman–Crippen LogP) is 2.64. The fourth-order valence-electron chi connectivity index (χ4n) is 4.30. The van der Waals surface area contributed by atoms with Gasteiger partial charge in [0.25, 0.3) is 0 Å². The van der Waals surface area contributed by atoms with E-state index in [-0.39, 0.29) is 0 Å².